The Balaban J connectivity index is 1.62. The van der Waals surface area contributed by atoms with Crippen molar-refractivity contribution in [1.29, 1.82) is 0 Å². The smallest absolute Gasteiger partial charge is 0.349 e. The fourth-order valence-electron chi connectivity index (χ4n) is 3.57. The molecule has 0 saturated carbocycles. The topological polar surface area (TPSA) is 83.4 Å². The fourth-order valence-corrected chi connectivity index (χ4v) is 3.57. The van der Waals surface area contributed by atoms with E-state index in [0.717, 1.165) is 18.4 Å². The Morgan fingerprint density at radius 1 is 1.39 bits per heavy atom. The molecule has 1 aliphatic carbocycles. The largest absolute Gasteiger partial charge is 0.376 e. The molecule has 28 heavy (non-hydrogen) atoms. The van der Waals surface area contributed by atoms with E-state index >= 15 is 0 Å². The number of aliphatic imine (C=N–C) groups is 2. The number of hydrogen-bond donors (Lipinski definition) is 1. The maximum atomic E-state index is 12.6. The minimum absolute atomic E-state index is 0.0613. The van der Waals surface area contributed by atoms with E-state index < -0.39 is 12.1 Å². The SMILES string of the molecule is Cc1cccc(NC(=O)/N=C2\C3C=CC=CC3=NC(=O)N2CC2CCCO2)c1. The summed E-state index contributed by atoms with van der Waals surface area (Å²) in [5.41, 5.74) is 2.29. The molecule has 4 amide bonds. The molecular formula is C21H22N4O3. The first-order valence-corrected chi connectivity index (χ1v) is 9.43. The molecule has 2 atom stereocenters. The van der Waals surface area contributed by atoms with Crippen LogP contribution in [0.2, 0.25) is 0 Å². The van der Waals surface area contributed by atoms with Gasteiger partial charge in [-0.25, -0.2) is 9.59 Å². The summed E-state index contributed by atoms with van der Waals surface area (Å²) in [6, 6.07) is 6.55. The molecule has 0 radical (unpaired) electrons. The van der Waals surface area contributed by atoms with Gasteiger partial charge in [0.2, 0.25) is 0 Å². The molecule has 4 rings (SSSR count). The maximum absolute atomic E-state index is 12.6. The fraction of sp³-hybridized carbons (Fsp3) is 0.333. The lowest BCUT2D eigenvalue weighted by Crippen LogP contribution is -2.49. The third-order valence-corrected chi connectivity index (χ3v) is 4.91. The summed E-state index contributed by atoms with van der Waals surface area (Å²) in [5, 5.41) is 2.78. The lowest BCUT2D eigenvalue weighted by atomic mass is 9.94. The Morgan fingerprint density at radius 2 is 2.29 bits per heavy atom. The molecule has 1 aromatic rings. The van der Waals surface area contributed by atoms with Crippen molar-refractivity contribution in [1.82, 2.24) is 4.90 Å². The average molecular weight is 378 g/mol. The van der Waals surface area contributed by atoms with Crippen LogP contribution in [-0.4, -0.2) is 47.8 Å². The summed E-state index contributed by atoms with van der Waals surface area (Å²) in [6.07, 6.45) is 9.15. The summed E-state index contributed by atoms with van der Waals surface area (Å²) in [6.45, 7) is 2.99. The number of rotatable bonds is 3. The normalized spacial score (nSPS) is 25.0. The number of hydrogen-bond acceptors (Lipinski definition) is 3. The first kappa shape index (κ1) is 18.3. The van der Waals surface area contributed by atoms with Crippen LogP contribution in [0.15, 0.2) is 58.6 Å². The van der Waals surface area contributed by atoms with Gasteiger partial charge in [-0.05, 0) is 43.5 Å². The Hall–Kier alpha value is -3.06. The molecule has 7 heteroatoms. The number of aryl methyl sites for hydroxylation is 1. The van der Waals surface area contributed by atoms with Crippen LogP contribution in [-0.2, 0) is 4.74 Å². The van der Waals surface area contributed by atoms with Crippen LogP contribution in [0.5, 0.6) is 0 Å². The van der Waals surface area contributed by atoms with E-state index in [1.165, 1.54) is 4.90 Å². The summed E-state index contributed by atoms with van der Waals surface area (Å²) in [4.78, 5) is 35.2. The van der Waals surface area contributed by atoms with Gasteiger partial charge < -0.3 is 10.1 Å². The van der Waals surface area contributed by atoms with Gasteiger partial charge in [-0.3, -0.25) is 4.90 Å². The number of fused-ring (bicyclic) bond motifs is 1. The minimum Gasteiger partial charge on any atom is -0.376 e. The van der Waals surface area contributed by atoms with Crippen LogP contribution >= 0.6 is 0 Å². The average Bonchev–Trinajstić information content (AvgIpc) is 3.18. The molecular weight excluding hydrogens is 356 g/mol. The Morgan fingerprint density at radius 3 is 3.07 bits per heavy atom. The second-order valence-corrected chi connectivity index (χ2v) is 7.06. The van der Waals surface area contributed by atoms with Gasteiger partial charge in [0.1, 0.15) is 5.84 Å². The number of carbonyl (C=O) groups is 2. The zero-order chi connectivity index (χ0) is 19.5. The maximum Gasteiger partial charge on any atom is 0.349 e. The van der Waals surface area contributed by atoms with Crippen LogP contribution in [0.1, 0.15) is 18.4 Å². The lowest BCUT2D eigenvalue weighted by Gasteiger charge is -2.32. The minimum atomic E-state index is -0.519. The molecule has 0 bridgehead atoms. The molecule has 144 valence electrons. The molecule has 1 saturated heterocycles. The number of allylic oxidation sites excluding steroid dienone is 3. The first-order valence-electron chi connectivity index (χ1n) is 9.43. The molecule has 2 aliphatic heterocycles. The molecule has 7 nitrogen and oxygen atoms in total. The summed E-state index contributed by atoms with van der Waals surface area (Å²) < 4.78 is 5.67. The van der Waals surface area contributed by atoms with Gasteiger partial charge in [0.05, 0.1) is 24.3 Å². The number of benzene rings is 1. The van der Waals surface area contributed by atoms with Gasteiger partial charge >= 0.3 is 12.1 Å². The van der Waals surface area contributed by atoms with E-state index in [1.54, 1.807) is 12.1 Å². The molecule has 1 N–H and O–H groups in total. The van der Waals surface area contributed by atoms with E-state index in [2.05, 4.69) is 15.3 Å². The van der Waals surface area contributed by atoms with Crippen LogP contribution in [0, 0.1) is 12.8 Å². The second-order valence-electron chi connectivity index (χ2n) is 7.06. The van der Waals surface area contributed by atoms with Crippen molar-refractivity contribution in [3.8, 4) is 0 Å². The highest BCUT2D eigenvalue weighted by atomic mass is 16.5. The highest BCUT2D eigenvalue weighted by Gasteiger charge is 2.36. The van der Waals surface area contributed by atoms with Crippen molar-refractivity contribution < 1.29 is 14.3 Å². The summed E-state index contributed by atoms with van der Waals surface area (Å²) in [7, 11) is 0. The number of anilines is 1. The molecule has 0 aromatic heterocycles. The number of carbonyl (C=O) groups excluding carboxylic acids is 2. The highest BCUT2D eigenvalue weighted by molar-refractivity contribution is 6.24. The van der Waals surface area contributed by atoms with Crippen LogP contribution < -0.4 is 5.32 Å². The Labute approximate surface area is 163 Å². The van der Waals surface area contributed by atoms with Gasteiger partial charge in [-0.15, -0.1) is 0 Å². The van der Waals surface area contributed by atoms with Crippen LogP contribution in [0.4, 0.5) is 15.3 Å². The van der Waals surface area contributed by atoms with E-state index in [1.807, 2.05) is 43.4 Å². The highest BCUT2D eigenvalue weighted by Crippen LogP contribution is 2.24. The number of amides is 4. The predicted octanol–water partition coefficient (Wildman–Crippen LogP) is 3.72. The lowest BCUT2D eigenvalue weighted by molar-refractivity contribution is 0.0956. The van der Waals surface area contributed by atoms with Crippen LogP contribution in [0.25, 0.3) is 0 Å². The van der Waals surface area contributed by atoms with Crippen molar-refractivity contribution in [2.24, 2.45) is 15.9 Å². The van der Waals surface area contributed by atoms with Crippen molar-refractivity contribution in [3.63, 3.8) is 0 Å². The quantitative estimate of drug-likeness (QED) is 0.870. The number of urea groups is 2. The van der Waals surface area contributed by atoms with E-state index in [0.29, 0.717) is 30.4 Å². The number of ether oxygens (including phenoxy) is 1. The van der Waals surface area contributed by atoms with Crippen LogP contribution in [0.3, 0.4) is 0 Å². The second kappa shape index (κ2) is 7.90. The van der Waals surface area contributed by atoms with E-state index in [4.69, 9.17) is 4.74 Å². The molecule has 2 unspecified atom stereocenters. The summed E-state index contributed by atoms with van der Waals surface area (Å²) in [5.74, 6) is 0.0589. The van der Waals surface area contributed by atoms with Crippen molar-refractivity contribution >= 4 is 29.3 Å². The molecule has 3 aliphatic rings. The summed E-state index contributed by atoms with van der Waals surface area (Å²) >= 11 is 0. The predicted molar refractivity (Wildman–Crippen MR) is 108 cm³/mol. The Kier molecular flexibility index (Phi) is 5.16. The van der Waals surface area contributed by atoms with Gasteiger partial charge in [0.25, 0.3) is 0 Å². The van der Waals surface area contributed by atoms with Gasteiger partial charge in [-0.1, -0.05) is 30.4 Å². The molecule has 1 aromatic carbocycles. The molecule has 1 fully saturated rings. The van der Waals surface area contributed by atoms with Crippen molar-refractivity contribution in [2.75, 3.05) is 18.5 Å². The number of nitrogens with one attached hydrogen (secondary N) is 1. The third kappa shape index (κ3) is 3.94. The monoisotopic (exact) mass is 378 g/mol. The standard InChI is InChI=1S/C21H22N4O3/c1-14-6-4-7-15(12-14)22-20(26)24-19-17-9-2-3-10-18(17)23-21(27)25(19)13-16-8-5-11-28-16/h2-4,6-7,9-10,12,16-17H,5,8,11,13H2,1H3,(H,22,26)/b24-19+. The third-order valence-electron chi connectivity index (χ3n) is 4.91. The van der Waals surface area contributed by atoms with E-state index in [-0.39, 0.29) is 12.0 Å². The van der Waals surface area contributed by atoms with Gasteiger partial charge in [0.15, 0.2) is 0 Å². The van der Waals surface area contributed by atoms with Gasteiger partial charge in [-0.2, -0.15) is 9.98 Å². The Bertz CT molecular complexity index is 910. The molecule has 2 heterocycles. The van der Waals surface area contributed by atoms with Crippen molar-refractivity contribution in [3.05, 3.63) is 54.1 Å². The van der Waals surface area contributed by atoms with Crippen molar-refractivity contribution in [2.45, 2.75) is 25.9 Å². The number of amidine groups is 1. The molecule has 0 spiro atoms. The van der Waals surface area contributed by atoms with E-state index in [9.17, 15) is 9.59 Å². The zero-order valence-corrected chi connectivity index (χ0v) is 15.7. The first-order chi connectivity index (χ1) is 13.6. The zero-order valence-electron chi connectivity index (χ0n) is 15.7. The number of nitrogens with zero attached hydrogens (tertiary/aromatic N) is 3. The van der Waals surface area contributed by atoms with Gasteiger partial charge in [0, 0.05) is 12.3 Å².